The van der Waals surface area contributed by atoms with Gasteiger partial charge in [0.2, 0.25) is 0 Å². The number of methoxy groups -OCH3 is 1. The number of hydrogen-bond donors (Lipinski definition) is 1. The van der Waals surface area contributed by atoms with Crippen molar-refractivity contribution in [2.24, 2.45) is 0 Å². The fraction of sp³-hybridized carbons (Fsp3) is 0.143. The third-order valence-corrected chi connectivity index (χ3v) is 2.74. The zero-order chi connectivity index (χ0) is 14.0. The van der Waals surface area contributed by atoms with E-state index < -0.39 is 23.6 Å². The molecule has 0 amide bonds. The van der Waals surface area contributed by atoms with Crippen LogP contribution in [0, 0.1) is 17.5 Å². The lowest BCUT2D eigenvalue weighted by atomic mass is 10.0. The molecule has 2 aromatic carbocycles. The van der Waals surface area contributed by atoms with Gasteiger partial charge in [-0.05, 0) is 35.9 Å². The molecule has 0 aliphatic heterocycles. The van der Waals surface area contributed by atoms with Gasteiger partial charge in [-0.2, -0.15) is 0 Å². The van der Waals surface area contributed by atoms with Crippen LogP contribution in [0.15, 0.2) is 36.4 Å². The average Bonchev–Trinajstić information content (AvgIpc) is 2.40. The van der Waals surface area contributed by atoms with Crippen molar-refractivity contribution in [2.75, 3.05) is 7.11 Å². The van der Waals surface area contributed by atoms with Crippen molar-refractivity contribution in [3.63, 3.8) is 0 Å². The van der Waals surface area contributed by atoms with Crippen molar-refractivity contribution in [2.45, 2.75) is 6.10 Å². The van der Waals surface area contributed by atoms with Gasteiger partial charge >= 0.3 is 0 Å². The predicted molar refractivity (Wildman–Crippen MR) is 63.4 cm³/mol. The Balaban J connectivity index is 2.41. The Morgan fingerprint density at radius 1 is 1.00 bits per heavy atom. The molecule has 2 nitrogen and oxygen atoms in total. The topological polar surface area (TPSA) is 29.5 Å². The first-order valence-corrected chi connectivity index (χ1v) is 5.49. The lowest BCUT2D eigenvalue weighted by Gasteiger charge is -2.13. The van der Waals surface area contributed by atoms with Crippen LogP contribution in [0.1, 0.15) is 17.2 Å². The van der Waals surface area contributed by atoms with E-state index in [-0.39, 0.29) is 16.9 Å². The van der Waals surface area contributed by atoms with Crippen LogP contribution < -0.4 is 4.74 Å². The molecule has 2 aromatic rings. The summed E-state index contributed by atoms with van der Waals surface area (Å²) >= 11 is 0. The van der Waals surface area contributed by atoms with E-state index >= 15 is 0 Å². The summed E-state index contributed by atoms with van der Waals surface area (Å²) in [5, 5.41) is 9.97. The third-order valence-electron chi connectivity index (χ3n) is 2.74. The second-order valence-electron chi connectivity index (χ2n) is 3.96. The van der Waals surface area contributed by atoms with Crippen LogP contribution in [-0.2, 0) is 0 Å². The monoisotopic (exact) mass is 268 g/mol. The number of aliphatic hydroxyl groups excluding tert-OH is 1. The Kier molecular flexibility index (Phi) is 3.76. The van der Waals surface area contributed by atoms with Gasteiger partial charge in [-0.3, -0.25) is 0 Å². The Bertz CT molecular complexity index is 599. The van der Waals surface area contributed by atoms with E-state index in [0.717, 1.165) is 24.3 Å². The Labute approximate surface area is 108 Å². The number of benzene rings is 2. The summed E-state index contributed by atoms with van der Waals surface area (Å²) in [5.74, 6) is -2.11. The summed E-state index contributed by atoms with van der Waals surface area (Å²) in [7, 11) is 1.31. The first kappa shape index (κ1) is 13.4. The predicted octanol–water partition coefficient (Wildman–Crippen LogP) is 3.19. The van der Waals surface area contributed by atoms with Gasteiger partial charge in [-0.25, -0.2) is 13.2 Å². The summed E-state index contributed by atoms with van der Waals surface area (Å²) in [6.45, 7) is 0. The SMILES string of the molecule is COc1ccc(C(O)c2cc(F)ccc2F)cc1F. The molecule has 0 aromatic heterocycles. The van der Waals surface area contributed by atoms with Gasteiger partial charge in [0.15, 0.2) is 11.6 Å². The molecule has 5 heteroatoms. The van der Waals surface area contributed by atoms with Crippen LogP contribution in [0.5, 0.6) is 5.75 Å². The quantitative estimate of drug-likeness (QED) is 0.926. The summed E-state index contributed by atoms with van der Waals surface area (Å²) in [4.78, 5) is 0. The Hall–Kier alpha value is -2.01. The summed E-state index contributed by atoms with van der Waals surface area (Å²) in [6.07, 6.45) is -1.45. The van der Waals surface area contributed by atoms with E-state index in [1.54, 1.807) is 0 Å². The van der Waals surface area contributed by atoms with Crippen LogP contribution in [0.4, 0.5) is 13.2 Å². The number of ether oxygens (including phenoxy) is 1. The van der Waals surface area contributed by atoms with Crippen molar-refractivity contribution < 1.29 is 23.0 Å². The van der Waals surface area contributed by atoms with E-state index in [4.69, 9.17) is 4.74 Å². The molecule has 2 rings (SSSR count). The number of halogens is 3. The van der Waals surface area contributed by atoms with Crippen molar-refractivity contribution in [3.8, 4) is 5.75 Å². The largest absolute Gasteiger partial charge is 0.494 e. The minimum atomic E-state index is -1.45. The molecule has 0 bridgehead atoms. The molecular formula is C14H11F3O2. The molecule has 1 atom stereocenters. The van der Waals surface area contributed by atoms with Gasteiger partial charge in [-0.1, -0.05) is 6.07 Å². The van der Waals surface area contributed by atoms with Crippen molar-refractivity contribution in [1.82, 2.24) is 0 Å². The lowest BCUT2D eigenvalue weighted by Crippen LogP contribution is -2.04. The molecule has 0 saturated heterocycles. The third kappa shape index (κ3) is 2.71. The average molecular weight is 268 g/mol. The first-order chi connectivity index (χ1) is 9.02. The highest BCUT2D eigenvalue weighted by Gasteiger charge is 2.17. The molecule has 0 spiro atoms. The van der Waals surface area contributed by atoms with Gasteiger partial charge in [0, 0.05) is 5.56 Å². The van der Waals surface area contributed by atoms with E-state index in [0.29, 0.717) is 0 Å². The van der Waals surface area contributed by atoms with Crippen LogP contribution >= 0.6 is 0 Å². The van der Waals surface area contributed by atoms with E-state index in [1.165, 1.54) is 19.2 Å². The maximum atomic E-state index is 13.5. The zero-order valence-electron chi connectivity index (χ0n) is 10.0. The number of hydrogen-bond acceptors (Lipinski definition) is 2. The molecule has 1 unspecified atom stereocenters. The van der Waals surface area contributed by atoms with Crippen LogP contribution in [0.2, 0.25) is 0 Å². The maximum Gasteiger partial charge on any atom is 0.165 e. The maximum absolute atomic E-state index is 13.5. The standard InChI is InChI=1S/C14H11F3O2/c1-19-13-5-2-8(6-12(13)17)14(18)10-7-9(15)3-4-11(10)16/h2-7,14,18H,1H3. The number of aliphatic hydroxyl groups is 1. The first-order valence-electron chi connectivity index (χ1n) is 5.49. The summed E-state index contributed by atoms with van der Waals surface area (Å²) < 4.78 is 44.8. The fourth-order valence-corrected chi connectivity index (χ4v) is 1.76. The van der Waals surface area contributed by atoms with Crippen LogP contribution in [0.25, 0.3) is 0 Å². The van der Waals surface area contributed by atoms with E-state index in [2.05, 4.69) is 0 Å². The van der Waals surface area contributed by atoms with Crippen molar-refractivity contribution in [3.05, 3.63) is 65.0 Å². The minimum absolute atomic E-state index is 0.00987. The van der Waals surface area contributed by atoms with Gasteiger partial charge in [0.05, 0.1) is 7.11 Å². The molecule has 19 heavy (non-hydrogen) atoms. The minimum Gasteiger partial charge on any atom is -0.494 e. The highest BCUT2D eigenvalue weighted by molar-refractivity contribution is 5.35. The summed E-state index contributed by atoms with van der Waals surface area (Å²) in [6, 6.07) is 6.45. The lowest BCUT2D eigenvalue weighted by molar-refractivity contribution is 0.213. The Morgan fingerprint density at radius 2 is 1.74 bits per heavy atom. The highest BCUT2D eigenvalue weighted by atomic mass is 19.1. The van der Waals surface area contributed by atoms with E-state index in [9.17, 15) is 18.3 Å². The van der Waals surface area contributed by atoms with Gasteiger partial charge in [0.25, 0.3) is 0 Å². The molecule has 0 saturated carbocycles. The molecule has 0 radical (unpaired) electrons. The zero-order valence-corrected chi connectivity index (χ0v) is 10.0. The van der Waals surface area contributed by atoms with Crippen molar-refractivity contribution in [1.29, 1.82) is 0 Å². The van der Waals surface area contributed by atoms with Crippen LogP contribution in [0.3, 0.4) is 0 Å². The second kappa shape index (κ2) is 5.32. The summed E-state index contributed by atoms with van der Waals surface area (Å²) in [5.41, 5.74) is -0.132. The normalized spacial score (nSPS) is 12.3. The molecular weight excluding hydrogens is 257 g/mol. The van der Waals surface area contributed by atoms with Crippen molar-refractivity contribution >= 4 is 0 Å². The van der Waals surface area contributed by atoms with E-state index in [1.807, 2.05) is 0 Å². The molecule has 0 aliphatic rings. The van der Waals surface area contributed by atoms with Gasteiger partial charge in [0.1, 0.15) is 17.7 Å². The molecule has 0 heterocycles. The second-order valence-corrected chi connectivity index (χ2v) is 3.96. The van der Waals surface area contributed by atoms with Gasteiger partial charge < -0.3 is 9.84 Å². The smallest absolute Gasteiger partial charge is 0.165 e. The molecule has 100 valence electrons. The fourth-order valence-electron chi connectivity index (χ4n) is 1.76. The molecule has 0 aliphatic carbocycles. The van der Waals surface area contributed by atoms with Gasteiger partial charge in [-0.15, -0.1) is 0 Å². The Morgan fingerprint density at radius 3 is 2.37 bits per heavy atom. The highest BCUT2D eigenvalue weighted by Crippen LogP contribution is 2.28. The molecule has 1 N–H and O–H groups in total. The van der Waals surface area contributed by atoms with Crippen LogP contribution in [-0.4, -0.2) is 12.2 Å². The number of rotatable bonds is 3. The molecule has 0 fully saturated rings.